The van der Waals surface area contributed by atoms with Gasteiger partial charge in [0.15, 0.2) is 0 Å². The van der Waals surface area contributed by atoms with E-state index in [-0.39, 0.29) is 18.7 Å². The van der Waals surface area contributed by atoms with Crippen LogP contribution in [0.3, 0.4) is 0 Å². The number of aromatic nitrogens is 3. The van der Waals surface area contributed by atoms with Gasteiger partial charge < -0.3 is 9.84 Å². The zero-order chi connectivity index (χ0) is 23.0. The van der Waals surface area contributed by atoms with Crippen LogP contribution in [0.1, 0.15) is 37.9 Å². The van der Waals surface area contributed by atoms with Crippen molar-refractivity contribution in [2.75, 3.05) is 13.2 Å². The molecule has 8 nitrogen and oxygen atoms in total. The Hall–Kier alpha value is -2.71. The molecular formula is C22H31ClN4O4+2. The second-order valence-corrected chi connectivity index (χ2v) is 7.67. The van der Waals surface area contributed by atoms with E-state index in [4.69, 9.17) is 21.4 Å². The van der Waals surface area contributed by atoms with Gasteiger partial charge in [-0.05, 0) is 32.4 Å². The van der Waals surface area contributed by atoms with Crippen LogP contribution in [0, 0.1) is 6.92 Å². The molecule has 2 aromatic heterocycles. The third kappa shape index (κ3) is 6.38. The van der Waals surface area contributed by atoms with Gasteiger partial charge in [-0.15, -0.1) is 0 Å². The van der Waals surface area contributed by atoms with Gasteiger partial charge in [0, 0.05) is 36.9 Å². The lowest BCUT2D eigenvalue weighted by atomic mass is 10.2. The molecule has 0 aromatic carbocycles. The molecule has 9 heteroatoms. The molecule has 0 spiro atoms. The van der Waals surface area contributed by atoms with Crippen molar-refractivity contribution in [2.24, 2.45) is 7.05 Å². The number of pyridine rings is 1. The highest BCUT2D eigenvalue weighted by Gasteiger charge is 2.21. The molecule has 0 radical (unpaired) electrons. The summed E-state index contributed by atoms with van der Waals surface area (Å²) in [6, 6.07) is 3.65. The maximum Gasteiger partial charge on any atom is 0.418 e. The van der Waals surface area contributed by atoms with Crippen LogP contribution in [-0.4, -0.2) is 38.3 Å². The number of nitrogens with zero attached hydrogens (tertiary/aromatic N) is 3. The summed E-state index contributed by atoms with van der Waals surface area (Å²) < 4.78 is 8.48. The Bertz CT molecular complexity index is 1030. The van der Waals surface area contributed by atoms with Crippen molar-refractivity contribution in [2.45, 2.75) is 46.6 Å². The van der Waals surface area contributed by atoms with Crippen molar-refractivity contribution in [1.29, 1.82) is 0 Å². The number of hydrogen-bond donors (Lipinski definition) is 1. The van der Waals surface area contributed by atoms with Crippen molar-refractivity contribution in [3.05, 3.63) is 67.1 Å². The van der Waals surface area contributed by atoms with Gasteiger partial charge in [0.25, 0.3) is 17.3 Å². The number of hydrogen-bond acceptors (Lipinski definition) is 4. The lowest BCUT2D eigenvalue weighted by molar-refractivity contribution is -0.375. The van der Waals surface area contributed by atoms with Crippen LogP contribution in [0.15, 0.2) is 39.6 Å². The number of allylic oxidation sites excluding steroid dienone is 1. The van der Waals surface area contributed by atoms with Crippen LogP contribution in [0.2, 0.25) is 5.02 Å². The van der Waals surface area contributed by atoms with Gasteiger partial charge in [-0.2, -0.15) is 4.57 Å². The van der Waals surface area contributed by atoms with E-state index >= 15 is 0 Å². The number of nitrogens with one attached hydrogen (secondary N) is 1. The molecule has 0 bridgehead atoms. The largest absolute Gasteiger partial charge is 0.462 e. The maximum absolute atomic E-state index is 12.7. The van der Waals surface area contributed by atoms with Crippen LogP contribution in [0.5, 0.6) is 0 Å². The Morgan fingerprint density at radius 3 is 2.71 bits per heavy atom. The SMILES string of the molecule is CCCOC(=[NH+]/c1c(C)c(=O)n(CCC[OH2+])c(=O)n1C)/C(C)=C\Cc1ccc(Cl)cn1. The van der Waals surface area contributed by atoms with Crippen LogP contribution in [0.4, 0.5) is 5.82 Å². The highest BCUT2D eigenvalue weighted by molar-refractivity contribution is 6.30. The van der Waals surface area contributed by atoms with Crippen LogP contribution >= 0.6 is 11.6 Å². The van der Waals surface area contributed by atoms with E-state index in [0.29, 0.717) is 41.8 Å². The molecule has 0 aliphatic rings. The van der Waals surface area contributed by atoms with E-state index in [1.54, 1.807) is 26.2 Å². The average Bonchev–Trinajstić information content (AvgIpc) is 2.76. The molecule has 0 aliphatic carbocycles. The lowest BCUT2D eigenvalue weighted by Crippen LogP contribution is -2.71. The Morgan fingerprint density at radius 1 is 1.35 bits per heavy atom. The fourth-order valence-corrected chi connectivity index (χ4v) is 3.08. The van der Waals surface area contributed by atoms with Crippen LogP contribution < -0.4 is 16.2 Å². The minimum absolute atomic E-state index is 0.157. The Labute approximate surface area is 186 Å². The van der Waals surface area contributed by atoms with Gasteiger partial charge in [0.05, 0.1) is 18.7 Å². The van der Waals surface area contributed by atoms with Gasteiger partial charge in [0.1, 0.15) is 12.2 Å². The van der Waals surface area contributed by atoms with Crippen LogP contribution in [0.25, 0.3) is 0 Å². The zero-order valence-corrected chi connectivity index (χ0v) is 19.3. The van der Waals surface area contributed by atoms with Gasteiger partial charge >= 0.3 is 5.69 Å². The number of ether oxygens (including phenoxy) is 1. The maximum atomic E-state index is 12.7. The molecule has 2 aromatic rings. The molecule has 3 N–H and O–H groups in total. The summed E-state index contributed by atoms with van der Waals surface area (Å²) in [5.41, 5.74) is 1.32. The molecule has 0 saturated heterocycles. The normalized spacial score (nSPS) is 12.3. The van der Waals surface area contributed by atoms with Crippen molar-refractivity contribution in [3.8, 4) is 0 Å². The second kappa shape index (κ2) is 11.6. The first-order valence-electron chi connectivity index (χ1n) is 10.3. The van der Waals surface area contributed by atoms with Crippen molar-refractivity contribution in [3.63, 3.8) is 0 Å². The second-order valence-electron chi connectivity index (χ2n) is 7.24. The average molecular weight is 451 g/mol. The molecule has 0 atom stereocenters. The molecule has 0 saturated carbocycles. The predicted molar refractivity (Wildman–Crippen MR) is 122 cm³/mol. The smallest absolute Gasteiger partial charge is 0.418 e. The minimum atomic E-state index is -0.423. The summed E-state index contributed by atoms with van der Waals surface area (Å²) in [7, 11) is 1.61. The molecule has 2 rings (SSSR count). The van der Waals surface area contributed by atoms with E-state index in [1.165, 1.54) is 9.13 Å². The number of rotatable bonds is 9. The fraction of sp³-hybridized carbons (Fsp3) is 0.455. The van der Waals surface area contributed by atoms with Gasteiger partial charge in [-0.3, -0.25) is 9.78 Å². The van der Waals surface area contributed by atoms with E-state index in [0.717, 1.165) is 17.7 Å². The summed E-state index contributed by atoms with van der Waals surface area (Å²) in [4.78, 5) is 32.9. The monoisotopic (exact) mass is 450 g/mol. The minimum Gasteiger partial charge on any atom is -0.462 e. The molecule has 0 amide bonds. The first-order valence-corrected chi connectivity index (χ1v) is 10.7. The van der Waals surface area contributed by atoms with Crippen molar-refractivity contribution >= 4 is 23.3 Å². The van der Waals surface area contributed by atoms with Gasteiger partial charge in [0.2, 0.25) is 0 Å². The highest BCUT2D eigenvalue weighted by Crippen LogP contribution is 2.08. The quantitative estimate of drug-likeness (QED) is 0.346. The molecule has 2 heterocycles. The van der Waals surface area contributed by atoms with Gasteiger partial charge in [-0.25, -0.2) is 14.4 Å². The van der Waals surface area contributed by atoms with E-state index in [9.17, 15) is 9.59 Å². The number of halogens is 1. The van der Waals surface area contributed by atoms with E-state index in [1.807, 2.05) is 26.0 Å². The predicted octanol–water partition coefficient (Wildman–Crippen LogP) is 0.745. The van der Waals surface area contributed by atoms with E-state index in [2.05, 4.69) is 9.98 Å². The lowest BCUT2D eigenvalue weighted by Gasteiger charge is -2.10. The molecule has 0 aliphatic heterocycles. The van der Waals surface area contributed by atoms with E-state index < -0.39 is 5.69 Å². The molecular weight excluding hydrogens is 420 g/mol. The topological polar surface area (TPSA) is 103 Å². The summed E-state index contributed by atoms with van der Waals surface area (Å²) in [6.07, 6.45) is 5.40. The Balaban J connectivity index is 2.46. The molecule has 0 unspecified atom stereocenters. The third-order valence-electron chi connectivity index (χ3n) is 4.78. The zero-order valence-electron chi connectivity index (χ0n) is 18.5. The summed E-state index contributed by atoms with van der Waals surface area (Å²) >= 11 is 5.89. The first-order chi connectivity index (χ1) is 14.8. The van der Waals surface area contributed by atoms with Gasteiger partial charge in [-0.1, -0.05) is 24.6 Å². The Kier molecular flexibility index (Phi) is 9.21. The summed E-state index contributed by atoms with van der Waals surface area (Å²) in [5, 5.41) is 7.87. The first kappa shape index (κ1) is 24.6. The summed E-state index contributed by atoms with van der Waals surface area (Å²) in [5.74, 6) is 0.873. The molecule has 31 heavy (non-hydrogen) atoms. The standard InChI is InChI=1S/C22H29ClN4O4/c1-5-13-31-20(15(2)7-9-18-10-8-17(23)14-24-18)25-19-16(3)21(29)27(11-6-12-28)22(30)26(19)4/h7-8,10,14,28H,5-6,9,11-13H2,1-4H3/p+2/b15-7-,25-20+. The molecule has 0 fully saturated rings. The fourth-order valence-electron chi connectivity index (χ4n) is 2.97. The third-order valence-corrected chi connectivity index (χ3v) is 5.00. The highest BCUT2D eigenvalue weighted by atomic mass is 35.5. The van der Waals surface area contributed by atoms with Crippen molar-refractivity contribution < 1.29 is 14.8 Å². The van der Waals surface area contributed by atoms with Crippen LogP contribution in [-0.2, 0) is 24.8 Å². The summed E-state index contributed by atoms with van der Waals surface area (Å²) in [6.45, 7) is 6.45. The Morgan fingerprint density at radius 2 is 2.10 bits per heavy atom. The molecule has 168 valence electrons. The van der Waals surface area contributed by atoms with Crippen molar-refractivity contribution in [1.82, 2.24) is 14.1 Å².